The third-order valence-electron chi connectivity index (χ3n) is 2.42. The van der Waals surface area contributed by atoms with Gasteiger partial charge in [0, 0.05) is 12.4 Å². The Bertz CT molecular complexity index is 140. The van der Waals surface area contributed by atoms with Gasteiger partial charge in [0.15, 0.2) is 0 Å². The van der Waals surface area contributed by atoms with Crippen molar-refractivity contribution in [2.75, 3.05) is 13.2 Å². The molecule has 1 aliphatic carbocycles. The first kappa shape index (κ1) is 9.04. The number of ether oxygens (including phenoxy) is 1. The Hall–Kier alpha value is -0.0551. The summed E-state index contributed by atoms with van der Waals surface area (Å²) in [6.45, 7) is 5.30. The topological polar surface area (TPSA) is 49.7 Å². The Balaban J connectivity index is 2.25. The Labute approximate surface area is 67.5 Å². The van der Waals surface area contributed by atoms with Crippen molar-refractivity contribution < 1.29 is 14.8 Å². The summed E-state index contributed by atoms with van der Waals surface area (Å²) in [5, 5.41) is 17.7. The van der Waals surface area contributed by atoms with Crippen LogP contribution < -0.4 is 0 Å². The average molecular weight is 158 g/mol. The number of hydrogen-bond donors (Lipinski definition) is 2. The van der Waals surface area contributed by atoms with Crippen LogP contribution in [0.3, 0.4) is 0 Å². The van der Waals surface area contributed by atoms with Crippen LogP contribution in [-0.2, 0) is 4.74 Å². The Morgan fingerprint density at radius 2 is 2.27 bits per heavy atom. The monoisotopic (exact) mass is 158 g/mol. The Morgan fingerprint density at radius 3 is 2.64 bits per heavy atom. The van der Waals surface area contributed by atoms with Gasteiger partial charge in [0.2, 0.25) is 0 Å². The zero-order chi connectivity index (χ0) is 8.48. The molecule has 0 aromatic carbocycles. The van der Waals surface area contributed by atoms with Gasteiger partial charge in [-0.15, -0.1) is 0 Å². The van der Waals surface area contributed by atoms with E-state index in [0.29, 0.717) is 13.2 Å². The molecule has 4 heteroatoms. The van der Waals surface area contributed by atoms with Gasteiger partial charge in [-0.05, 0) is 18.8 Å². The van der Waals surface area contributed by atoms with E-state index >= 15 is 0 Å². The van der Waals surface area contributed by atoms with E-state index in [1.165, 1.54) is 0 Å². The summed E-state index contributed by atoms with van der Waals surface area (Å²) < 4.78 is 5.22. The minimum Gasteiger partial charge on any atom is -0.427 e. The van der Waals surface area contributed by atoms with Crippen molar-refractivity contribution in [3.8, 4) is 0 Å². The van der Waals surface area contributed by atoms with Crippen molar-refractivity contribution >= 4 is 7.12 Å². The first-order valence-corrected chi connectivity index (χ1v) is 4.04. The first-order chi connectivity index (χ1) is 5.10. The summed E-state index contributed by atoms with van der Waals surface area (Å²) in [6.07, 6.45) is 0.866. The molecule has 0 spiro atoms. The third-order valence-corrected chi connectivity index (χ3v) is 2.42. The quantitative estimate of drug-likeness (QED) is 0.577. The van der Waals surface area contributed by atoms with Crippen LogP contribution in [0.25, 0.3) is 0 Å². The van der Waals surface area contributed by atoms with Crippen molar-refractivity contribution in [2.24, 2.45) is 5.41 Å². The van der Waals surface area contributed by atoms with Crippen molar-refractivity contribution in [2.45, 2.75) is 26.1 Å². The van der Waals surface area contributed by atoms with Crippen LogP contribution in [0.4, 0.5) is 0 Å². The van der Waals surface area contributed by atoms with E-state index in [2.05, 4.69) is 0 Å². The predicted molar refractivity (Wildman–Crippen MR) is 43.2 cm³/mol. The molecule has 0 heterocycles. The lowest BCUT2D eigenvalue weighted by Gasteiger charge is -2.09. The van der Waals surface area contributed by atoms with Crippen LogP contribution in [0.2, 0.25) is 5.82 Å². The fourth-order valence-corrected chi connectivity index (χ4v) is 1.41. The summed E-state index contributed by atoms with van der Waals surface area (Å²) in [5.41, 5.74) is 0.0180. The standard InChI is InChI=1S/C7H15BO3/c1-3-11-5-7(2)4-6(7)8(9)10/h6,9-10H,3-5H2,1-2H3. The third kappa shape index (κ3) is 1.95. The SMILES string of the molecule is CCOCC1(C)CC1B(O)O. The maximum Gasteiger partial charge on any atom is 0.455 e. The van der Waals surface area contributed by atoms with E-state index in [0.717, 1.165) is 6.42 Å². The van der Waals surface area contributed by atoms with Gasteiger partial charge < -0.3 is 14.8 Å². The zero-order valence-electron chi connectivity index (χ0n) is 7.08. The first-order valence-electron chi connectivity index (χ1n) is 4.04. The van der Waals surface area contributed by atoms with Crippen LogP contribution >= 0.6 is 0 Å². The second kappa shape index (κ2) is 3.13. The lowest BCUT2D eigenvalue weighted by Crippen LogP contribution is -2.18. The molecule has 0 aromatic rings. The normalized spacial score (nSPS) is 35.5. The van der Waals surface area contributed by atoms with Gasteiger partial charge in [-0.2, -0.15) is 0 Å². The van der Waals surface area contributed by atoms with E-state index in [1.54, 1.807) is 0 Å². The molecule has 0 aliphatic heterocycles. The van der Waals surface area contributed by atoms with Crippen molar-refractivity contribution in [3.05, 3.63) is 0 Å². The molecule has 1 fully saturated rings. The Morgan fingerprint density at radius 1 is 1.64 bits per heavy atom. The highest BCUT2D eigenvalue weighted by Gasteiger charge is 2.55. The van der Waals surface area contributed by atoms with Crippen LogP contribution in [0, 0.1) is 5.41 Å². The van der Waals surface area contributed by atoms with Crippen molar-refractivity contribution in [1.29, 1.82) is 0 Å². The van der Waals surface area contributed by atoms with Gasteiger partial charge in [0.1, 0.15) is 0 Å². The van der Waals surface area contributed by atoms with E-state index in [1.807, 2.05) is 13.8 Å². The van der Waals surface area contributed by atoms with Crippen molar-refractivity contribution in [1.82, 2.24) is 0 Å². The highest BCUT2D eigenvalue weighted by atomic mass is 16.5. The van der Waals surface area contributed by atoms with Gasteiger partial charge in [-0.3, -0.25) is 0 Å². The number of hydrogen-bond acceptors (Lipinski definition) is 3. The molecule has 3 nitrogen and oxygen atoms in total. The molecule has 2 atom stereocenters. The summed E-state index contributed by atoms with van der Waals surface area (Å²) in [4.78, 5) is 0. The van der Waals surface area contributed by atoms with Gasteiger partial charge in [-0.1, -0.05) is 6.92 Å². The van der Waals surface area contributed by atoms with Crippen LogP contribution in [0.5, 0.6) is 0 Å². The van der Waals surface area contributed by atoms with E-state index in [-0.39, 0.29) is 11.2 Å². The summed E-state index contributed by atoms with van der Waals surface area (Å²) >= 11 is 0. The molecule has 1 rings (SSSR count). The maximum absolute atomic E-state index is 8.83. The molecule has 2 unspecified atom stereocenters. The molecule has 0 amide bonds. The molecule has 11 heavy (non-hydrogen) atoms. The molecule has 0 bridgehead atoms. The zero-order valence-corrected chi connectivity index (χ0v) is 7.08. The van der Waals surface area contributed by atoms with E-state index < -0.39 is 7.12 Å². The summed E-state index contributed by atoms with van der Waals surface area (Å²) in [6, 6.07) is 0. The lowest BCUT2D eigenvalue weighted by atomic mass is 9.78. The molecule has 64 valence electrons. The molecule has 2 N–H and O–H groups in total. The Kier molecular flexibility index (Phi) is 2.57. The van der Waals surface area contributed by atoms with Gasteiger partial charge in [0.25, 0.3) is 0 Å². The second-order valence-corrected chi connectivity index (χ2v) is 3.52. The number of rotatable bonds is 4. The summed E-state index contributed by atoms with van der Waals surface area (Å²) in [7, 11) is -1.17. The molecule has 1 saturated carbocycles. The van der Waals surface area contributed by atoms with E-state index in [9.17, 15) is 0 Å². The largest absolute Gasteiger partial charge is 0.455 e. The molecular weight excluding hydrogens is 143 g/mol. The van der Waals surface area contributed by atoms with Crippen LogP contribution in [-0.4, -0.2) is 30.4 Å². The fourth-order valence-electron chi connectivity index (χ4n) is 1.41. The summed E-state index contributed by atoms with van der Waals surface area (Å²) in [5.74, 6) is 0.0223. The molecule has 0 radical (unpaired) electrons. The van der Waals surface area contributed by atoms with Gasteiger partial charge in [0.05, 0.1) is 6.61 Å². The van der Waals surface area contributed by atoms with Gasteiger partial charge in [-0.25, -0.2) is 0 Å². The van der Waals surface area contributed by atoms with Crippen LogP contribution in [0.1, 0.15) is 20.3 Å². The van der Waals surface area contributed by atoms with Crippen molar-refractivity contribution in [3.63, 3.8) is 0 Å². The fraction of sp³-hybridized carbons (Fsp3) is 1.00. The average Bonchev–Trinajstić information content (AvgIpc) is 2.60. The molecule has 0 saturated heterocycles. The second-order valence-electron chi connectivity index (χ2n) is 3.52. The minimum absolute atomic E-state index is 0.0180. The predicted octanol–water partition coefficient (Wildman–Crippen LogP) is 0.276. The molecular formula is C7H15BO3. The highest BCUT2D eigenvalue weighted by molar-refractivity contribution is 6.44. The van der Waals surface area contributed by atoms with Gasteiger partial charge >= 0.3 is 7.12 Å². The van der Waals surface area contributed by atoms with Crippen LogP contribution in [0.15, 0.2) is 0 Å². The highest BCUT2D eigenvalue weighted by Crippen LogP contribution is 2.58. The molecule has 1 aliphatic rings. The lowest BCUT2D eigenvalue weighted by molar-refractivity contribution is 0.106. The van der Waals surface area contributed by atoms with E-state index in [4.69, 9.17) is 14.8 Å². The minimum atomic E-state index is -1.17. The smallest absolute Gasteiger partial charge is 0.427 e. The molecule has 0 aromatic heterocycles. The maximum atomic E-state index is 8.83.